The topological polar surface area (TPSA) is 72.6 Å². The predicted octanol–water partition coefficient (Wildman–Crippen LogP) is 1.31. The summed E-state index contributed by atoms with van der Waals surface area (Å²) in [6.07, 6.45) is 1.85. The normalized spacial score (nSPS) is 18.9. The fourth-order valence-corrected chi connectivity index (χ4v) is 2.53. The van der Waals surface area contributed by atoms with Gasteiger partial charge in [-0.05, 0) is 44.0 Å². The summed E-state index contributed by atoms with van der Waals surface area (Å²) < 4.78 is 5.10. The zero-order valence-electron chi connectivity index (χ0n) is 11.7. The van der Waals surface area contributed by atoms with Gasteiger partial charge < -0.3 is 10.5 Å². The first-order chi connectivity index (χ1) is 9.61. The lowest BCUT2D eigenvalue weighted by Gasteiger charge is -2.22. The molecule has 1 heterocycles. The van der Waals surface area contributed by atoms with E-state index >= 15 is 0 Å². The number of esters is 1. The van der Waals surface area contributed by atoms with Crippen molar-refractivity contribution in [3.8, 4) is 0 Å². The Morgan fingerprint density at radius 3 is 2.65 bits per heavy atom. The quantitative estimate of drug-likeness (QED) is 0.823. The van der Waals surface area contributed by atoms with Gasteiger partial charge in [0, 0.05) is 12.1 Å². The molecular formula is C15H20N2O3. The molecule has 0 spiro atoms. The van der Waals surface area contributed by atoms with E-state index < -0.39 is 5.91 Å². The van der Waals surface area contributed by atoms with Crippen molar-refractivity contribution in [2.24, 2.45) is 5.73 Å². The van der Waals surface area contributed by atoms with Crippen LogP contribution >= 0.6 is 0 Å². The summed E-state index contributed by atoms with van der Waals surface area (Å²) in [4.78, 5) is 25.0. The van der Waals surface area contributed by atoms with Crippen LogP contribution in [-0.4, -0.2) is 36.0 Å². The van der Waals surface area contributed by atoms with E-state index in [4.69, 9.17) is 10.5 Å². The van der Waals surface area contributed by atoms with Gasteiger partial charge in [0.15, 0.2) is 0 Å². The van der Waals surface area contributed by atoms with Gasteiger partial charge in [0.1, 0.15) is 6.04 Å². The number of carbonyl (C=O) groups is 2. The van der Waals surface area contributed by atoms with Gasteiger partial charge in [0.05, 0.1) is 6.61 Å². The van der Waals surface area contributed by atoms with Crippen LogP contribution in [0.3, 0.4) is 0 Å². The van der Waals surface area contributed by atoms with Gasteiger partial charge in [-0.25, -0.2) is 0 Å². The number of nitrogens with zero attached hydrogens (tertiary/aromatic N) is 1. The third-order valence-corrected chi connectivity index (χ3v) is 3.55. The van der Waals surface area contributed by atoms with Gasteiger partial charge in [-0.3, -0.25) is 14.5 Å². The number of ether oxygens (including phenoxy) is 1. The summed E-state index contributed by atoms with van der Waals surface area (Å²) in [5.41, 5.74) is 6.77. The summed E-state index contributed by atoms with van der Waals surface area (Å²) >= 11 is 0. The van der Waals surface area contributed by atoms with E-state index in [1.54, 1.807) is 12.1 Å². The zero-order valence-corrected chi connectivity index (χ0v) is 11.7. The maximum atomic E-state index is 11.9. The Balaban J connectivity index is 2.01. The highest BCUT2D eigenvalue weighted by Gasteiger charge is 2.31. The summed E-state index contributed by atoms with van der Waals surface area (Å²) in [5.74, 6) is -0.569. The van der Waals surface area contributed by atoms with Crippen molar-refractivity contribution in [3.05, 3.63) is 35.4 Å². The molecule has 1 atom stereocenters. The zero-order chi connectivity index (χ0) is 14.5. The Bertz CT molecular complexity index is 484. The molecule has 1 amide bonds. The Morgan fingerprint density at radius 2 is 2.05 bits per heavy atom. The van der Waals surface area contributed by atoms with Crippen molar-refractivity contribution in [1.82, 2.24) is 4.90 Å². The minimum Gasteiger partial charge on any atom is -0.465 e. The molecule has 5 nitrogen and oxygen atoms in total. The van der Waals surface area contributed by atoms with Crippen LogP contribution < -0.4 is 5.73 Å². The third-order valence-electron chi connectivity index (χ3n) is 3.55. The third kappa shape index (κ3) is 3.36. The number of carbonyl (C=O) groups excluding carboxylic acids is 2. The molecule has 0 aromatic heterocycles. The van der Waals surface area contributed by atoms with Crippen LogP contribution in [0.4, 0.5) is 0 Å². The molecule has 108 valence electrons. The summed E-state index contributed by atoms with van der Waals surface area (Å²) in [6.45, 7) is 3.81. The molecule has 2 rings (SSSR count). The second-order valence-corrected chi connectivity index (χ2v) is 4.94. The molecule has 0 radical (unpaired) electrons. The highest BCUT2D eigenvalue weighted by atomic mass is 16.5. The van der Waals surface area contributed by atoms with E-state index in [2.05, 4.69) is 4.90 Å². The van der Waals surface area contributed by atoms with E-state index in [0.29, 0.717) is 18.7 Å². The van der Waals surface area contributed by atoms with Gasteiger partial charge in [0.2, 0.25) is 5.91 Å². The molecule has 0 aliphatic carbocycles. The van der Waals surface area contributed by atoms with E-state index in [1.807, 2.05) is 19.1 Å². The first-order valence-corrected chi connectivity index (χ1v) is 6.91. The lowest BCUT2D eigenvalue weighted by atomic mass is 10.1. The molecular weight excluding hydrogens is 256 g/mol. The number of benzene rings is 1. The van der Waals surface area contributed by atoms with Gasteiger partial charge in [-0.2, -0.15) is 0 Å². The molecule has 20 heavy (non-hydrogen) atoms. The van der Waals surface area contributed by atoms with Crippen LogP contribution in [0.5, 0.6) is 0 Å². The first kappa shape index (κ1) is 14.5. The number of nitrogens with two attached hydrogens (primary N) is 1. The van der Waals surface area contributed by atoms with Crippen molar-refractivity contribution in [1.29, 1.82) is 0 Å². The average molecular weight is 276 g/mol. The Labute approximate surface area is 118 Å². The number of amides is 1. The predicted molar refractivity (Wildman–Crippen MR) is 75.0 cm³/mol. The smallest absolute Gasteiger partial charge is 0.323 e. The lowest BCUT2D eigenvalue weighted by Crippen LogP contribution is -2.36. The van der Waals surface area contributed by atoms with E-state index in [1.165, 1.54) is 0 Å². The molecule has 0 saturated carbocycles. The molecule has 1 unspecified atom stereocenters. The summed E-state index contributed by atoms with van der Waals surface area (Å²) in [5, 5.41) is 0. The van der Waals surface area contributed by atoms with Crippen molar-refractivity contribution in [2.45, 2.75) is 32.4 Å². The Kier molecular flexibility index (Phi) is 4.74. The first-order valence-electron chi connectivity index (χ1n) is 6.91. The molecule has 1 aliphatic heterocycles. The van der Waals surface area contributed by atoms with Gasteiger partial charge in [0.25, 0.3) is 0 Å². The molecule has 5 heteroatoms. The van der Waals surface area contributed by atoms with Crippen LogP contribution in [0.15, 0.2) is 24.3 Å². The van der Waals surface area contributed by atoms with Crippen LogP contribution in [0.2, 0.25) is 0 Å². The molecule has 1 aromatic carbocycles. The Morgan fingerprint density at radius 1 is 1.35 bits per heavy atom. The standard InChI is InChI=1S/C15H20N2O3/c1-2-20-15(19)13-4-3-9-17(13)10-11-5-7-12(8-6-11)14(16)18/h5-8,13H,2-4,9-10H2,1H3,(H2,16,18). The van der Waals surface area contributed by atoms with Crippen molar-refractivity contribution in [3.63, 3.8) is 0 Å². The van der Waals surface area contributed by atoms with E-state index in [9.17, 15) is 9.59 Å². The summed E-state index contributed by atoms with van der Waals surface area (Å²) in [6, 6.07) is 7.03. The van der Waals surface area contributed by atoms with E-state index in [0.717, 1.165) is 24.9 Å². The monoisotopic (exact) mass is 276 g/mol. The highest BCUT2D eigenvalue weighted by molar-refractivity contribution is 5.92. The minimum absolute atomic E-state index is 0.140. The molecule has 1 aromatic rings. The largest absolute Gasteiger partial charge is 0.465 e. The molecule has 2 N–H and O–H groups in total. The molecule has 1 saturated heterocycles. The fourth-order valence-electron chi connectivity index (χ4n) is 2.53. The lowest BCUT2D eigenvalue weighted by molar-refractivity contribution is -0.148. The molecule has 1 fully saturated rings. The van der Waals surface area contributed by atoms with Crippen molar-refractivity contribution in [2.75, 3.05) is 13.2 Å². The van der Waals surface area contributed by atoms with Crippen LogP contribution in [0, 0.1) is 0 Å². The average Bonchev–Trinajstić information content (AvgIpc) is 2.88. The maximum Gasteiger partial charge on any atom is 0.323 e. The second kappa shape index (κ2) is 6.52. The van der Waals surface area contributed by atoms with Crippen molar-refractivity contribution >= 4 is 11.9 Å². The fraction of sp³-hybridized carbons (Fsp3) is 0.467. The number of hydrogen-bond acceptors (Lipinski definition) is 4. The number of likely N-dealkylation sites (tertiary alicyclic amines) is 1. The second-order valence-electron chi connectivity index (χ2n) is 4.94. The maximum absolute atomic E-state index is 11.9. The minimum atomic E-state index is -0.429. The number of hydrogen-bond donors (Lipinski definition) is 1. The van der Waals surface area contributed by atoms with Crippen LogP contribution in [-0.2, 0) is 16.1 Å². The van der Waals surface area contributed by atoms with Gasteiger partial charge in [-0.1, -0.05) is 12.1 Å². The van der Waals surface area contributed by atoms with E-state index in [-0.39, 0.29) is 12.0 Å². The van der Waals surface area contributed by atoms with Crippen LogP contribution in [0.25, 0.3) is 0 Å². The van der Waals surface area contributed by atoms with Gasteiger partial charge in [-0.15, -0.1) is 0 Å². The summed E-state index contributed by atoms with van der Waals surface area (Å²) in [7, 11) is 0. The number of rotatable bonds is 5. The number of primary amides is 1. The van der Waals surface area contributed by atoms with Gasteiger partial charge >= 0.3 is 5.97 Å². The molecule has 1 aliphatic rings. The molecule has 0 bridgehead atoms. The Hall–Kier alpha value is -1.88. The SMILES string of the molecule is CCOC(=O)C1CCCN1Cc1ccc(C(N)=O)cc1. The van der Waals surface area contributed by atoms with Crippen LogP contribution in [0.1, 0.15) is 35.7 Å². The van der Waals surface area contributed by atoms with Crippen molar-refractivity contribution < 1.29 is 14.3 Å². The highest BCUT2D eigenvalue weighted by Crippen LogP contribution is 2.21.